The predicted molar refractivity (Wildman–Crippen MR) is 219 cm³/mol. The molecule has 0 bridgehead atoms. The van der Waals surface area contributed by atoms with Crippen LogP contribution in [-0.4, -0.2) is 19.5 Å². The molecule has 0 amide bonds. The molecule has 0 aliphatic carbocycles. The molecule has 0 radical (unpaired) electrons. The number of nitrogens with zero attached hydrogens (tertiary/aromatic N) is 4. The SMILES string of the molecule is c1ccc(-c2ccc(-c3ccc(-c4nc(-c5ccc(-c6ccc7ccccc7c6)cc5)nc(-n5c6ccccc6c6ccccc65)n4)cc3)cc2)cc1. The number of rotatable bonds is 6. The summed E-state index contributed by atoms with van der Waals surface area (Å²) in [4.78, 5) is 15.4. The second-order valence-corrected chi connectivity index (χ2v) is 13.3. The third-order valence-corrected chi connectivity index (χ3v) is 10.1. The molecule has 0 fully saturated rings. The van der Waals surface area contributed by atoms with E-state index in [0.29, 0.717) is 17.6 Å². The zero-order valence-electron chi connectivity index (χ0n) is 28.8. The van der Waals surface area contributed by atoms with Crippen molar-refractivity contribution in [1.29, 1.82) is 0 Å². The van der Waals surface area contributed by atoms with Gasteiger partial charge in [0, 0.05) is 21.9 Å². The Bertz CT molecular complexity index is 2860. The standard InChI is InChI=1S/C49H32N4/c1-2-10-33(11-3-1)35-18-20-36(21-19-35)37-22-27-39(28-23-37)47-50-48(40-29-24-38(25-30-40)42-31-26-34-12-4-5-13-41(34)32-42)52-49(51-47)53-45-16-8-6-14-43(45)44-15-7-9-17-46(44)53/h1-32H. The summed E-state index contributed by atoms with van der Waals surface area (Å²) in [5, 5.41) is 4.78. The monoisotopic (exact) mass is 676 g/mol. The van der Waals surface area contributed by atoms with Crippen LogP contribution in [0.15, 0.2) is 194 Å². The molecule has 10 aromatic rings. The minimum atomic E-state index is 0.585. The van der Waals surface area contributed by atoms with Crippen molar-refractivity contribution in [3.63, 3.8) is 0 Å². The van der Waals surface area contributed by atoms with Gasteiger partial charge in [0.1, 0.15) is 0 Å². The van der Waals surface area contributed by atoms with Crippen LogP contribution in [0.5, 0.6) is 0 Å². The van der Waals surface area contributed by atoms with Gasteiger partial charge < -0.3 is 0 Å². The summed E-state index contributed by atoms with van der Waals surface area (Å²) in [5.74, 6) is 1.83. The van der Waals surface area contributed by atoms with E-state index in [1.807, 2.05) is 6.07 Å². The molecule has 4 heteroatoms. The molecule has 0 spiro atoms. The Labute approximate surface area is 307 Å². The predicted octanol–water partition coefficient (Wildman–Crippen LogP) is 12.5. The third kappa shape index (κ3) is 5.63. The largest absolute Gasteiger partial charge is 0.278 e. The van der Waals surface area contributed by atoms with Crippen molar-refractivity contribution >= 4 is 32.6 Å². The van der Waals surface area contributed by atoms with Gasteiger partial charge in [0.15, 0.2) is 11.6 Å². The number of aromatic nitrogens is 4. The summed E-state index contributed by atoms with van der Waals surface area (Å²) in [7, 11) is 0. The highest BCUT2D eigenvalue weighted by molar-refractivity contribution is 6.09. The van der Waals surface area contributed by atoms with Gasteiger partial charge in [-0.3, -0.25) is 4.57 Å². The van der Waals surface area contributed by atoms with E-state index in [1.165, 1.54) is 27.5 Å². The second-order valence-electron chi connectivity index (χ2n) is 13.3. The number of benzene rings is 8. The maximum Gasteiger partial charge on any atom is 0.238 e. The summed E-state index contributed by atoms with van der Waals surface area (Å²) >= 11 is 0. The molecular weight excluding hydrogens is 645 g/mol. The average Bonchev–Trinajstić information content (AvgIpc) is 3.58. The van der Waals surface area contributed by atoms with Crippen molar-refractivity contribution < 1.29 is 0 Å². The topological polar surface area (TPSA) is 43.6 Å². The molecule has 10 rings (SSSR count). The highest BCUT2D eigenvalue weighted by atomic mass is 15.2. The van der Waals surface area contributed by atoms with Gasteiger partial charge in [-0.15, -0.1) is 0 Å². The van der Waals surface area contributed by atoms with Crippen LogP contribution in [0.4, 0.5) is 0 Å². The van der Waals surface area contributed by atoms with Crippen molar-refractivity contribution in [2.75, 3.05) is 0 Å². The Morgan fingerprint density at radius 1 is 0.283 bits per heavy atom. The lowest BCUT2D eigenvalue weighted by Crippen LogP contribution is -2.06. The van der Waals surface area contributed by atoms with Crippen LogP contribution in [0.2, 0.25) is 0 Å². The summed E-state index contributed by atoms with van der Waals surface area (Å²) < 4.78 is 2.16. The number of hydrogen-bond donors (Lipinski definition) is 0. The minimum Gasteiger partial charge on any atom is -0.278 e. The van der Waals surface area contributed by atoms with Crippen LogP contribution in [-0.2, 0) is 0 Å². The third-order valence-electron chi connectivity index (χ3n) is 10.1. The first-order valence-electron chi connectivity index (χ1n) is 17.9. The fourth-order valence-corrected chi connectivity index (χ4v) is 7.34. The van der Waals surface area contributed by atoms with E-state index in [0.717, 1.165) is 49.6 Å². The molecule has 4 nitrogen and oxygen atoms in total. The maximum atomic E-state index is 5.15. The lowest BCUT2D eigenvalue weighted by Gasteiger charge is -2.12. The Kier molecular flexibility index (Phi) is 7.43. The molecule has 2 aromatic heterocycles. The highest BCUT2D eigenvalue weighted by Crippen LogP contribution is 2.34. The van der Waals surface area contributed by atoms with E-state index in [4.69, 9.17) is 15.0 Å². The average molecular weight is 677 g/mol. The van der Waals surface area contributed by atoms with E-state index in [-0.39, 0.29) is 0 Å². The second kappa shape index (κ2) is 12.9. The lowest BCUT2D eigenvalue weighted by molar-refractivity contribution is 0.953. The molecule has 0 atom stereocenters. The maximum absolute atomic E-state index is 5.15. The first kappa shape index (κ1) is 30.6. The lowest BCUT2D eigenvalue weighted by atomic mass is 9.99. The van der Waals surface area contributed by atoms with Gasteiger partial charge in [0.25, 0.3) is 0 Å². The van der Waals surface area contributed by atoms with Gasteiger partial charge in [-0.2, -0.15) is 9.97 Å². The highest BCUT2D eigenvalue weighted by Gasteiger charge is 2.18. The zero-order chi connectivity index (χ0) is 35.1. The Morgan fingerprint density at radius 3 is 1.23 bits per heavy atom. The van der Waals surface area contributed by atoms with E-state index in [9.17, 15) is 0 Å². The smallest absolute Gasteiger partial charge is 0.238 e. The van der Waals surface area contributed by atoms with Crippen LogP contribution < -0.4 is 0 Å². The van der Waals surface area contributed by atoms with E-state index in [1.54, 1.807) is 0 Å². The molecular formula is C49H32N4. The molecule has 0 saturated heterocycles. The van der Waals surface area contributed by atoms with Gasteiger partial charge in [-0.1, -0.05) is 176 Å². The van der Waals surface area contributed by atoms with E-state index >= 15 is 0 Å². The summed E-state index contributed by atoms with van der Waals surface area (Å²) in [6, 6.07) is 68.2. The number of para-hydroxylation sites is 2. The zero-order valence-corrected chi connectivity index (χ0v) is 28.8. The van der Waals surface area contributed by atoms with Gasteiger partial charge >= 0.3 is 0 Å². The first-order chi connectivity index (χ1) is 26.2. The molecule has 0 aliphatic heterocycles. The Morgan fingerprint density at radius 2 is 0.679 bits per heavy atom. The normalized spacial score (nSPS) is 11.4. The van der Waals surface area contributed by atoms with E-state index in [2.05, 4.69) is 193 Å². The number of hydrogen-bond acceptors (Lipinski definition) is 3. The Balaban J connectivity index is 1.07. The van der Waals surface area contributed by atoms with E-state index < -0.39 is 0 Å². The van der Waals surface area contributed by atoms with Crippen molar-refractivity contribution in [3.05, 3.63) is 194 Å². The van der Waals surface area contributed by atoms with Crippen molar-refractivity contribution in [2.45, 2.75) is 0 Å². The molecule has 0 unspecified atom stereocenters. The van der Waals surface area contributed by atoms with Crippen LogP contribution in [0.3, 0.4) is 0 Å². The molecule has 0 N–H and O–H groups in total. The summed E-state index contributed by atoms with van der Waals surface area (Å²) in [6.45, 7) is 0. The molecule has 8 aromatic carbocycles. The molecule has 53 heavy (non-hydrogen) atoms. The Hall–Kier alpha value is -7.17. The van der Waals surface area contributed by atoms with Crippen LogP contribution >= 0.6 is 0 Å². The minimum absolute atomic E-state index is 0.585. The number of fused-ring (bicyclic) bond motifs is 4. The van der Waals surface area contributed by atoms with Gasteiger partial charge in [0.05, 0.1) is 11.0 Å². The van der Waals surface area contributed by atoms with Crippen LogP contribution in [0.1, 0.15) is 0 Å². The van der Waals surface area contributed by atoms with Gasteiger partial charge in [-0.25, -0.2) is 4.98 Å². The molecule has 0 aliphatic rings. The first-order valence-corrected chi connectivity index (χ1v) is 17.9. The van der Waals surface area contributed by atoms with Crippen molar-refractivity contribution in [2.24, 2.45) is 0 Å². The molecule has 2 heterocycles. The van der Waals surface area contributed by atoms with Crippen molar-refractivity contribution in [1.82, 2.24) is 19.5 Å². The quantitative estimate of drug-likeness (QED) is 0.176. The summed E-state index contributed by atoms with van der Waals surface area (Å²) in [6.07, 6.45) is 0. The van der Waals surface area contributed by atoms with Crippen LogP contribution in [0.25, 0.3) is 94.7 Å². The molecule has 0 saturated carbocycles. The fourth-order valence-electron chi connectivity index (χ4n) is 7.34. The van der Waals surface area contributed by atoms with Crippen molar-refractivity contribution in [3.8, 4) is 62.1 Å². The van der Waals surface area contributed by atoms with Gasteiger partial charge in [0.2, 0.25) is 5.95 Å². The summed E-state index contributed by atoms with van der Waals surface area (Å²) in [5.41, 5.74) is 11.0. The van der Waals surface area contributed by atoms with Gasteiger partial charge in [-0.05, 0) is 62.4 Å². The van der Waals surface area contributed by atoms with Crippen LogP contribution in [0, 0.1) is 0 Å². The fraction of sp³-hybridized carbons (Fsp3) is 0. The molecule has 248 valence electrons.